The maximum absolute atomic E-state index is 12.4. The van der Waals surface area contributed by atoms with Gasteiger partial charge >= 0.3 is 0 Å². The SMILES string of the molecule is Cc1nnn(C)c1-c1cnc2c3cc(S(C)(=O)=O)ncc3n3c2c1-c1ccccc1[C@@H]3C1CCOCC1. The van der Waals surface area contributed by atoms with Gasteiger partial charge in [-0.1, -0.05) is 29.5 Å². The average Bonchev–Trinajstić information content (AvgIpc) is 3.41. The van der Waals surface area contributed by atoms with Crippen LogP contribution in [0.25, 0.3) is 44.3 Å². The van der Waals surface area contributed by atoms with Gasteiger partial charge in [-0.2, -0.15) is 0 Å². The van der Waals surface area contributed by atoms with Gasteiger partial charge in [0.15, 0.2) is 14.9 Å². The van der Waals surface area contributed by atoms with Gasteiger partial charge in [-0.25, -0.2) is 18.1 Å². The monoisotopic (exact) mass is 514 g/mol. The van der Waals surface area contributed by atoms with Crippen molar-refractivity contribution < 1.29 is 13.2 Å². The molecule has 4 aromatic heterocycles. The Hall–Kier alpha value is -3.63. The first-order valence-corrected chi connectivity index (χ1v) is 14.3. The fraction of sp³-hybridized carbons (Fsp3) is 0.333. The van der Waals surface area contributed by atoms with Crippen LogP contribution >= 0.6 is 0 Å². The van der Waals surface area contributed by atoms with Gasteiger partial charge in [0, 0.05) is 49.2 Å². The van der Waals surface area contributed by atoms with Gasteiger partial charge in [0.2, 0.25) is 0 Å². The van der Waals surface area contributed by atoms with Gasteiger partial charge in [-0.05, 0) is 42.9 Å². The largest absolute Gasteiger partial charge is 0.381 e. The minimum Gasteiger partial charge on any atom is -0.381 e. The van der Waals surface area contributed by atoms with E-state index >= 15 is 0 Å². The Balaban J connectivity index is 1.66. The van der Waals surface area contributed by atoms with Crippen molar-refractivity contribution in [3.8, 4) is 22.4 Å². The van der Waals surface area contributed by atoms with Crippen molar-refractivity contribution >= 4 is 31.8 Å². The number of nitrogens with zero attached hydrogens (tertiary/aromatic N) is 6. The molecule has 188 valence electrons. The molecule has 2 aliphatic rings. The van der Waals surface area contributed by atoms with Gasteiger partial charge in [-0.3, -0.25) is 4.98 Å². The van der Waals surface area contributed by atoms with Crippen molar-refractivity contribution in [2.24, 2.45) is 13.0 Å². The highest BCUT2D eigenvalue weighted by atomic mass is 32.2. The zero-order valence-electron chi connectivity index (χ0n) is 20.8. The second-order valence-corrected chi connectivity index (χ2v) is 12.0. The van der Waals surface area contributed by atoms with E-state index in [0.29, 0.717) is 5.92 Å². The molecule has 10 heteroatoms. The Labute approximate surface area is 214 Å². The molecular formula is C27H26N6O3S. The maximum Gasteiger partial charge on any atom is 0.192 e. The summed E-state index contributed by atoms with van der Waals surface area (Å²) in [4.78, 5) is 9.34. The van der Waals surface area contributed by atoms with Gasteiger partial charge in [0.05, 0.1) is 40.2 Å². The van der Waals surface area contributed by atoms with E-state index in [9.17, 15) is 8.42 Å². The van der Waals surface area contributed by atoms with Crippen molar-refractivity contribution in [2.45, 2.75) is 30.8 Å². The second kappa shape index (κ2) is 7.93. The molecule has 1 saturated heterocycles. The summed E-state index contributed by atoms with van der Waals surface area (Å²) in [6, 6.07) is 10.3. The van der Waals surface area contributed by atoms with E-state index in [4.69, 9.17) is 9.72 Å². The Bertz CT molecular complexity index is 1810. The molecule has 5 aromatic rings. The van der Waals surface area contributed by atoms with E-state index in [1.807, 2.05) is 20.2 Å². The minimum atomic E-state index is -3.48. The van der Waals surface area contributed by atoms with E-state index < -0.39 is 9.84 Å². The molecule has 0 radical (unpaired) electrons. The summed E-state index contributed by atoms with van der Waals surface area (Å²) in [5, 5.41) is 9.41. The molecule has 0 N–H and O–H groups in total. The van der Waals surface area contributed by atoms with Gasteiger partial charge in [0.1, 0.15) is 0 Å². The topological polar surface area (TPSA) is 105 Å². The number of hydrogen-bond acceptors (Lipinski definition) is 7. The Morgan fingerprint density at radius 1 is 1.05 bits per heavy atom. The smallest absolute Gasteiger partial charge is 0.192 e. The lowest BCUT2D eigenvalue weighted by Gasteiger charge is -2.37. The van der Waals surface area contributed by atoms with Crippen molar-refractivity contribution in [3.05, 3.63) is 54.0 Å². The highest BCUT2D eigenvalue weighted by molar-refractivity contribution is 7.90. The number of fused-ring (bicyclic) bond motifs is 5. The van der Waals surface area contributed by atoms with Crippen LogP contribution in [0, 0.1) is 12.8 Å². The highest BCUT2D eigenvalue weighted by Crippen LogP contribution is 2.51. The predicted octanol–water partition coefficient (Wildman–Crippen LogP) is 4.09. The number of pyridine rings is 2. The molecule has 0 saturated carbocycles. The number of benzene rings is 1. The molecule has 0 bridgehead atoms. The fourth-order valence-electron chi connectivity index (χ4n) is 6.25. The van der Waals surface area contributed by atoms with Crippen LogP contribution in [0.5, 0.6) is 0 Å². The lowest BCUT2D eigenvalue weighted by atomic mass is 9.80. The number of aromatic nitrogens is 6. The summed E-state index contributed by atoms with van der Waals surface area (Å²) in [5.41, 5.74) is 8.82. The summed E-state index contributed by atoms with van der Waals surface area (Å²) in [6.45, 7) is 3.41. The van der Waals surface area contributed by atoms with Crippen LogP contribution in [0.1, 0.15) is 30.1 Å². The van der Waals surface area contributed by atoms with E-state index in [0.717, 1.165) is 76.1 Å². The predicted molar refractivity (Wildman–Crippen MR) is 140 cm³/mol. The lowest BCUT2D eigenvalue weighted by Crippen LogP contribution is -2.29. The van der Waals surface area contributed by atoms with Crippen molar-refractivity contribution in [2.75, 3.05) is 19.5 Å². The Morgan fingerprint density at radius 3 is 2.57 bits per heavy atom. The first kappa shape index (κ1) is 22.6. The fourth-order valence-corrected chi connectivity index (χ4v) is 6.83. The number of ether oxygens (including phenoxy) is 1. The number of hydrogen-bond donors (Lipinski definition) is 0. The molecule has 0 spiro atoms. The Kier molecular flexibility index (Phi) is 4.84. The van der Waals surface area contributed by atoms with E-state index in [-0.39, 0.29) is 11.1 Å². The van der Waals surface area contributed by atoms with E-state index in [1.54, 1.807) is 16.9 Å². The van der Waals surface area contributed by atoms with Crippen molar-refractivity contribution in [1.82, 2.24) is 29.5 Å². The van der Waals surface area contributed by atoms with Crippen LogP contribution in [-0.4, -0.2) is 57.4 Å². The molecule has 0 aliphatic carbocycles. The zero-order chi connectivity index (χ0) is 25.5. The number of aryl methyl sites for hydroxylation is 2. The second-order valence-electron chi connectivity index (χ2n) is 10.1. The zero-order valence-corrected chi connectivity index (χ0v) is 21.7. The van der Waals surface area contributed by atoms with Gasteiger partial charge in [-0.15, -0.1) is 5.10 Å². The normalized spacial score (nSPS) is 18.0. The molecule has 6 heterocycles. The summed E-state index contributed by atoms with van der Waals surface area (Å²) >= 11 is 0. The van der Waals surface area contributed by atoms with E-state index in [2.05, 4.69) is 44.1 Å². The molecule has 1 fully saturated rings. The summed E-state index contributed by atoms with van der Waals surface area (Å²) in [5.74, 6) is 0.361. The molecule has 1 atom stereocenters. The molecule has 0 unspecified atom stereocenters. The average molecular weight is 515 g/mol. The van der Waals surface area contributed by atoms with Gasteiger partial charge < -0.3 is 9.30 Å². The first-order chi connectivity index (χ1) is 17.8. The van der Waals surface area contributed by atoms with Crippen molar-refractivity contribution in [3.63, 3.8) is 0 Å². The van der Waals surface area contributed by atoms with Crippen LogP contribution < -0.4 is 0 Å². The maximum atomic E-state index is 12.4. The van der Waals surface area contributed by atoms with Crippen LogP contribution in [0.15, 0.2) is 47.8 Å². The quantitative estimate of drug-likeness (QED) is 0.357. The number of sulfone groups is 1. The third-order valence-corrected chi connectivity index (χ3v) is 8.82. The van der Waals surface area contributed by atoms with Crippen LogP contribution in [-0.2, 0) is 21.6 Å². The van der Waals surface area contributed by atoms with Crippen LogP contribution in [0.2, 0.25) is 0 Å². The lowest BCUT2D eigenvalue weighted by molar-refractivity contribution is 0.0552. The molecule has 37 heavy (non-hydrogen) atoms. The van der Waals surface area contributed by atoms with Crippen LogP contribution in [0.3, 0.4) is 0 Å². The standard InChI is InChI=1S/C27H26N6O3S/c1-15-25(32(2)31-30-15)20-13-29-24-19-12-22(37(3,34)35)28-14-21(19)33-26(16-8-10-36-11-9-16)18-7-5-4-6-17(18)23(20)27(24)33/h4-7,12-14,16,26H,8-11H2,1-3H3/t26-/m0/s1. The molecule has 2 aliphatic heterocycles. The highest BCUT2D eigenvalue weighted by Gasteiger charge is 2.37. The molecule has 1 aromatic carbocycles. The van der Waals surface area contributed by atoms with Gasteiger partial charge in [0.25, 0.3) is 0 Å². The molecular weight excluding hydrogens is 488 g/mol. The molecule has 9 nitrogen and oxygen atoms in total. The summed E-state index contributed by atoms with van der Waals surface area (Å²) in [6.07, 6.45) is 6.66. The Morgan fingerprint density at radius 2 is 1.84 bits per heavy atom. The van der Waals surface area contributed by atoms with Crippen LogP contribution in [0.4, 0.5) is 0 Å². The third kappa shape index (κ3) is 3.21. The summed E-state index contributed by atoms with van der Waals surface area (Å²) in [7, 11) is -1.59. The molecule has 0 amide bonds. The first-order valence-electron chi connectivity index (χ1n) is 12.4. The number of rotatable bonds is 3. The van der Waals surface area contributed by atoms with Crippen molar-refractivity contribution in [1.29, 1.82) is 0 Å². The minimum absolute atomic E-state index is 0.0533. The van der Waals surface area contributed by atoms with E-state index in [1.165, 1.54) is 11.8 Å². The third-order valence-electron chi connectivity index (χ3n) is 7.84. The molecule has 7 rings (SSSR count). The summed E-state index contributed by atoms with van der Waals surface area (Å²) < 4.78 is 34.7.